The van der Waals surface area contributed by atoms with Crippen LogP contribution in [-0.2, 0) is 16.4 Å². The molecule has 8 heteroatoms. The summed E-state index contributed by atoms with van der Waals surface area (Å²) < 4.78 is 28.7. The molecule has 3 rings (SSSR count). The molecule has 1 atom stereocenters. The van der Waals surface area contributed by atoms with E-state index < -0.39 is 9.84 Å². The third-order valence-electron chi connectivity index (χ3n) is 4.28. The Morgan fingerprint density at radius 3 is 2.92 bits per heavy atom. The van der Waals surface area contributed by atoms with Gasteiger partial charge in [0.05, 0.1) is 24.3 Å². The van der Waals surface area contributed by atoms with Gasteiger partial charge >= 0.3 is 0 Å². The molecule has 1 unspecified atom stereocenters. The van der Waals surface area contributed by atoms with E-state index in [4.69, 9.17) is 4.42 Å². The van der Waals surface area contributed by atoms with Gasteiger partial charge in [0.2, 0.25) is 0 Å². The van der Waals surface area contributed by atoms with E-state index in [1.165, 1.54) is 0 Å². The fraction of sp³-hybridized carbons (Fsp3) is 0.412. The largest absolute Gasteiger partial charge is 0.467 e. The molecule has 1 fully saturated rings. The number of sulfone groups is 1. The van der Waals surface area contributed by atoms with Gasteiger partial charge in [0.1, 0.15) is 11.5 Å². The molecule has 25 heavy (non-hydrogen) atoms. The summed E-state index contributed by atoms with van der Waals surface area (Å²) in [6, 6.07) is 6.85. The van der Waals surface area contributed by atoms with E-state index in [0.29, 0.717) is 25.2 Å². The number of hydrogen-bond donors (Lipinski definition) is 1. The lowest BCUT2D eigenvalue weighted by Gasteiger charge is -2.26. The first-order chi connectivity index (χ1) is 12.0. The molecule has 2 aromatic rings. The van der Waals surface area contributed by atoms with Gasteiger partial charge in [-0.3, -0.25) is 9.78 Å². The van der Waals surface area contributed by atoms with Crippen molar-refractivity contribution in [1.29, 1.82) is 0 Å². The molecule has 0 bridgehead atoms. The second-order valence-electron chi connectivity index (χ2n) is 6.01. The van der Waals surface area contributed by atoms with Crippen molar-refractivity contribution < 1.29 is 17.6 Å². The minimum Gasteiger partial charge on any atom is -0.467 e. The molecule has 3 heterocycles. The van der Waals surface area contributed by atoms with Crippen molar-refractivity contribution in [2.75, 3.05) is 23.4 Å². The van der Waals surface area contributed by atoms with Gasteiger partial charge in [-0.05, 0) is 37.6 Å². The number of anilines is 1. The quantitative estimate of drug-likeness (QED) is 0.843. The fourth-order valence-corrected chi connectivity index (χ4v) is 4.73. The molecular weight excluding hydrogens is 342 g/mol. The summed E-state index contributed by atoms with van der Waals surface area (Å²) in [5.74, 6) is 0.713. The van der Waals surface area contributed by atoms with Crippen LogP contribution in [0.1, 0.15) is 29.6 Å². The highest BCUT2D eigenvalue weighted by atomic mass is 32.2. The van der Waals surface area contributed by atoms with Crippen LogP contribution in [0.5, 0.6) is 0 Å². The van der Waals surface area contributed by atoms with Gasteiger partial charge in [0.25, 0.3) is 5.91 Å². The molecule has 0 aromatic carbocycles. The molecular formula is C17H21N3O4S. The van der Waals surface area contributed by atoms with Crippen LogP contribution in [0, 0.1) is 0 Å². The number of amides is 1. The first kappa shape index (κ1) is 17.5. The Balaban J connectivity index is 1.71. The maximum Gasteiger partial charge on any atom is 0.272 e. The molecule has 2 aromatic heterocycles. The highest BCUT2D eigenvalue weighted by Gasteiger charge is 2.34. The third-order valence-corrected chi connectivity index (χ3v) is 6.03. The average molecular weight is 363 g/mol. The molecule has 0 aliphatic carbocycles. The van der Waals surface area contributed by atoms with Crippen LogP contribution in [0.4, 0.5) is 5.69 Å². The van der Waals surface area contributed by atoms with Gasteiger partial charge in [-0.25, -0.2) is 8.42 Å². The Hall–Kier alpha value is -2.35. The molecule has 0 spiro atoms. The summed E-state index contributed by atoms with van der Waals surface area (Å²) in [6.45, 7) is 2.80. The van der Waals surface area contributed by atoms with Gasteiger partial charge in [-0.2, -0.15) is 0 Å². The predicted octanol–water partition coefficient (Wildman–Crippen LogP) is 1.94. The lowest BCUT2D eigenvalue weighted by atomic mass is 10.2. The standard InChI is InChI=1S/C17H21N3O4S/c1-2-20(14-6-9-25(22,23)12-14)17(21)16-10-13(5-7-18-16)19-11-15-4-3-8-24-15/h3-5,7-8,10,14H,2,6,9,11-12H2,1H3,(H,18,19). The Morgan fingerprint density at radius 1 is 1.44 bits per heavy atom. The number of hydrogen-bond acceptors (Lipinski definition) is 6. The maximum atomic E-state index is 12.8. The van der Waals surface area contributed by atoms with E-state index in [-0.39, 0.29) is 23.5 Å². The predicted molar refractivity (Wildman–Crippen MR) is 94.0 cm³/mol. The highest BCUT2D eigenvalue weighted by molar-refractivity contribution is 7.91. The summed E-state index contributed by atoms with van der Waals surface area (Å²) in [7, 11) is -3.05. The van der Waals surface area contributed by atoms with E-state index >= 15 is 0 Å². The SMILES string of the molecule is CCN(C(=O)c1cc(NCc2ccco2)ccn1)C1CCS(=O)(=O)C1. The Kier molecular flexibility index (Phi) is 5.08. The van der Waals surface area contributed by atoms with Crippen LogP contribution in [0.3, 0.4) is 0 Å². The number of pyridine rings is 1. The molecule has 1 N–H and O–H groups in total. The molecule has 1 saturated heterocycles. The normalized spacial score (nSPS) is 18.8. The monoisotopic (exact) mass is 363 g/mol. The number of nitrogens with one attached hydrogen (secondary N) is 1. The topological polar surface area (TPSA) is 92.5 Å². The van der Waals surface area contributed by atoms with E-state index in [1.807, 2.05) is 19.1 Å². The van der Waals surface area contributed by atoms with Crippen molar-refractivity contribution in [1.82, 2.24) is 9.88 Å². The molecule has 0 saturated carbocycles. The van der Waals surface area contributed by atoms with Crippen molar-refractivity contribution in [3.05, 3.63) is 48.2 Å². The van der Waals surface area contributed by atoms with Crippen molar-refractivity contribution in [3.8, 4) is 0 Å². The lowest BCUT2D eigenvalue weighted by molar-refractivity contribution is 0.0702. The van der Waals surface area contributed by atoms with Gasteiger partial charge in [0.15, 0.2) is 9.84 Å². The summed E-state index contributed by atoms with van der Waals surface area (Å²) in [5, 5.41) is 3.18. The van der Waals surface area contributed by atoms with Crippen molar-refractivity contribution in [2.24, 2.45) is 0 Å². The first-order valence-corrected chi connectivity index (χ1v) is 10.0. The number of carbonyl (C=O) groups is 1. The molecule has 0 radical (unpaired) electrons. The van der Waals surface area contributed by atoms with Gasteiger partial charge in [-0.15, -0.1) is 0 Å². The van der Waals surface area contributed by atoms with Crippen molar-refractivity contribution in [3.63, 3.8) is 0 Å². The van der Waals surface area contributed by atoms with E-state index in [0.717, 1.165) is 11.4 Å². The van der Waals surface area contributed by atoms with Crippen molar-refractivity contribution >= 4 is 21.4 Å². The van der Waals surface area contributed by atoms with Crippen LogP contribution >= 0.6 is 0 Å². The maximum absolute atomic E-state index is 12.8. The summed E-state index contributed by atoms with van der Waals surface area (Å²) >= 11 is 0. The minimum absolute atomic E-state index is 0.0308. The lowest BCUT2D eigenvalue weighted by Crippen LogP contribution is -2.41. The van der Waals surface area contributed by atoms with E-state index in [1.54, 1.807) is 29.5 Å². The number of rotatable bonds is 6. The van der Waals surface area contributed by atoms with Crippen molar-refractivity contribution in [2.45, 2.75) is 25.9 Å². The van der Waals surface area contributed by atoms with Crippen LogP contribution < -0.4 is 5.32 Å². The van der Waals surface area contributed by atoms with Gasteiger partial charge in [0, 0.05) is 24.5 Å². The van der Waals surface area contributed by atoms with Crippen LogP contribution in [-0.4, -0.2) is 48.3 Å². The number of carbonyl (C=O) groups excluding carboxylic acids is 1. The summed E-state index contributed by atoms with van der Waals surface area (Å²) in [4.78, 5) is 18.5. The van der Waals surface area contributed by atoms with Crippen LogP contribution in [0.2, 0.25) is 0 Å². The second-order valence-corrected chi connectivity index (χ2v) is 8.24. The number of aromatic nitrogens is 1. The number of nitrogens with zero attached hydrogens (tertiary/aromatic N) is 2. The number of furan rings is 1. The zero-order chi connectivity index (χ0) is 17.9. The Labute approximate surface area is 147 Å². The van der Waals surface area contributed by atoms with E-state index in [2.05, 4.69) is 10.3 Å². The summed E-state index contributed by atoms with van der Waals surface area (Å²) in [6.07, 6.45) is 3.66. The zero-order valence-electron chi connectivity index (χ0n) is 14.0. The van der Waals surface area contributed by atoms with Gasteiger partial charge in [-0.1, -0.05) is 0 Å². The molecule has 134 valence electrons. The highest BCUT2D eigenvalue weighted by Crippen LogP contribution is 2.20. The molecule has 7 nitrogen and oxygen atoms in total. The smallest absolute Gasteiger partial charge is 0.272 e. The van der Waals surface area contributed by atoms with Crippen LogP contribution in [0.15, 0.2) is 41.1 Å². The molecule has 1 amide bonds. The van der Waals surface area contributed by atoms with Crippen LogP contribution in [0.25, 0.3) is 0 Å². The molecule has 1 aliphatic rings. The molecule has 1 aliphatic heterocycles. The average Bonchev–Trinajstić information content (AvgIpc) is 3.23. The van der Waals surface area contributed by atoms with Gasteiger partial charge < -0.3 is 14.6 Å². The Bertz CT molecular complexity index is 833. The Morgan fingerprint density at radius 2 is 2.28 bits per heavy atom. The third kappa shape index (κ3) is 4.19. The zero-order valence-corrected chi connectivity index (χ0v) is 14.8. The minimum atomic E-state index is -3.05. The second kappa shape index (κ2) is 7.26. The van der Waals surface area contributed by atoms with E-state index in [9.17, 15) is 13.2 Å². The summed E-state index contributed by atoms with van der Waals surface area (Å²) in [5.41, 5.74) is 1.06. The fourth-order valence-electron chi connectivity index (χ4n) is 3.00. The first-order valence-electron chi connectivity index (χ1n) is 8.22.